The van der Waals surface area contributed by atoms with Crippen LogP contribution < -0.4 is 0 Å². The first-order valence-corrected chi connectivity index (χ1v) is 5.15. The molecule has 17 heavy (non-hydrogen) atoms. The standard InChI is InChI=1S/C11H8ClN3O2/c12-9-3-1-8(2-4-9)11-13-7-10(14-11)5-6-15(16)17/h1-7H,(H,13,14). The second-order valence-electron chi connectivity index (χ2n) is 3.30. The van der Waals surface area contributed by atoms with Crippen LogP contribution in [0.5, 0.6) is 0 Å². The van der Waals surface area contributed by atoms with Gasteiger partial charge in [-0.2, -0.15) is 0 Å². The number of nitro groups is 1. The van der Waals surface area contributed by atoms with Gasteiger partial charge in [0.05, 0.1) is 16.8 Å². The molecule has 1 aromatic heterocycles. The molecule has 5 nitrogen and oxygen atoms in total. The molecule has 0 radical (unpaired) electrons. The van der Waals surface area contributed by atoms with Gasteiger partial charge in [0.1, 0.15) is 5.82 Å². The maximum Gasteiger partial charge on any atom is 0.236 e. The van der Waals surface area contributed by atoms with E-state index in [1.54, 1.807) is 12.1 Å². The minimum atomic E-state index is -0.525. The predicted octanol–water partition coefficient (Wildman–Crippen LogP) is 2.98. The van der Waals surface area contributed by atoms with Crippen molar-refractivity contribution in [1.82, 2.24) is 9.97 Å². The van der Waals surface area contributed by atoms with E-state index >= 15 is 0 Å². The minimum Gasteiger partial charge on any atom is -0.338 e. The van der Waals surface area contributed by atoms with Gasteiger partial charge < -0.3 is 4.98 Å². The Hall–Kier alpha value is -2.14. The number of H-pyrrole nitrogens is 1. The Bertz CT molecular complexity index is 560. The maximum absolute atomic E-state index is 10.2. The van der Waals surface area contributed by atoms with Gasteiger partial charge in [-0.1, -0.05) is 11.6 Å². The molecular formula is C11H8ClN3O2. The molecule has 0 aliphatic heterocycles. The molecule has 0 atom stereocenters. The van der Waals surface area contributed by atoms with Crippen molar-refractivity contribution in [3.05, 3.63) is 57.5 Å². The van der Waals surface area contributed by atoms with Crippen molar-refractivity contribution < 1.29 is 4.92 Å². The van der Waals surface area contributed by atoms with Crippen molar-refractivity contribution in [2.75, 3.05) is 0 Å². The second kappa shape index (κ2) is 4.80. The molecule has 1 N–H and O–H groups in total. The molecule has 0 bridgehead atoms. The number of halogens is 1. The molecule has 0 aliphatic rings. The lowest BCUT2D eigenvalue weighted by atomic mass is 10.2. The molecule has 0 fully saturated rings. The average Bonchev–Trinajstić information content (AvgIpc) is 2.76. The zero-order valence-electron chi connectivity index (χ0n) is 8.63. The van der Waals surface area contributed by atoms with Crippen LogP contribution in [0.15, 0.2) is 36.7 Å². The van der Waals surface area contributed by atoms with Gasteiger partial charge in [-0.05, 0) is 24.3 Å². The van der Waals surface area contributed by atoms with Crippen molar-refractivity contribution in [3.8, 4) is 11.4 Å². The number of imidazole rings is 1. The molecule has 0 saturated heterocycles. The largest absolute Gasteiger partial charge is 0.338 e. The third kappa shape index (κ3) is 2.92. The van der Waals surface area contributed by atoms with Gasteiger partial charge in [-0.25, -0.2) is 4.98 Å². The van der Waals surface area contributed by atoms with Gasteiger partial charge in [-0.15, -0.1) is 0 Å². The van der Waals surface area contributed by atoms with Crippen LogP contribution in [0.3, 0.4) is 0 Å². The number of aromatic nitrogens is 2. The van der Waals surface area contributed by atoms with E-state index in [1.807, 2.05) is 12.1 Å². The molecule has 0 spiro atoms. The lowest BCUT2D eigenvalue weighted by molar-refractivity contribution is -0.401. The van der Waals surface area contributed by atoms with E-state index in [0.717, 1.165) is 11.8 Å². The highest BCUT2D eigenvalue weighted by Gasteiger charge is 2.02. The third-order valence-electron chi connectivity index (χ3n) is 2.09. The van der Waals surface area contributed by atoms with Crippen LogP contribution in [0, 0.1) is 10.1 Å². The van der Waals surface area contributed by atoms with Gasteiger partial charge in [0, 0.05) is 16.7 Å². The van der Waals surface area contributed by atoms with Crippen LogP contribution in [0.1, 0.15) is 5.69 Å². The highest BCUT2D eigenvalue weighted by Crippen LogP contribution is 2.18. The molecule has 1 heterocycles. The summed E-state index contributed by atoms with van der Waals surface area (Å²) in [6.07, 6.45) is 3.75. The van der Waals surface area contributed by atoms with Gasteiger partial charge >= 0.3 is 0 Å². The van der Waals surface area contributed by atoms with Gasteiger partial charge in [0.2, 0.25) is 6.20 Å². The van der Waals surface area contributed by atoms with Crippen LogP contribution in [0.4, 0.5) is 0 Å². The van der Waals surface area contributed by atoms with Crippen LogP contribution in [0.25, 0.3) is 17.5 Å². The zero-order chi connectivity index (χ0) is 12.3. The molecule has 86 valence electrons. The van der Waals surface area contributed by atoms with Crippen LogP contribution in [-0.2, 0) is 0 Å². The van der Waals surface area contributed by atoms with Gasteiger partial charge in [0.25, 0.3) is 0 Å². The fraction of sp³-hybridized carbons (Fsp3) is 0. The third-order valence-corrected chi connectivity index (χ3v) is 2.34. The summed E-state index contributed by atoms with van der Waals surface area (Å²) in [6.45, 7) is 0. The van der Waals surface area contributed by atoms with Crippen molar-refractivity contribution >= 4 is 17.7 Å². The van der Waals surface area contributed by atoms with E-state index in [0.29, 0.717) is 16.5 Å². The van der Waals surface area contributed by atoms with E-state index in [9.17, 15) is 10.1 Å². The molecule has 1 aromatic carbocycles. The highest BCUT2D eigenvalue weighted by atomic mass is 35.5. The quantitative estimate of drug-likeness (QED) is 0.671. The molecule has 0 unspecified atom stereocenters. The normalized spacial score (nSPS) is 10.9. The summed E-state index contributed by atoms with van der Waals surface area (Å²) in [6, 6.07) is 7.15. The number of hydrogen-bond donors (Lipinski definition) is 1. The summed E-state index contributed by atoms with van der Waals surface area (Å²) in [5.74, 6) is 0.643. The summed E-state index contributed by atoms with van der Waals surface area (Å²) >= 11 is 5.77. The highest BCUT2D eigenvalue weighted by molar-refractivity contribution is 6.30. The first kappa shape index (κ1) is 11.3. The van der Waals surface area contributed by atoms with Gasteiger partial charge in [-0.3, -0.25) is 10.1 Å². The molecular weight excluding hydrogens is 242 g/mol. The molecule has 0 amide bonds. The average molecular weight is 250 g/mol. The minimum absolute atomic E-state index is 0.525. The number of aromatic amines is 1. The lowest BCUT2D eigenvalue weighted by Crippen LogP contribution is -1.83. The monoisotopic (exact) mass is 249 g/mol. The molecule has 6 heteroatoms. The summed E-state index contributed by atoms with van der Waals surface area (Å²) < 4.78 is 0. The van der Waals surface area contributed by atoms with E-state index in [2.05, 4.69) is 9.97 Å². The van der Waals surface area contributed by atoms with Crippen molar-refractivity contribution in [2.45, 2.75) is 0 Å². The number of nitrogens with zero attached hydrogens (tertiary/aromatic N) is 2. The van der Waals surface area contributed by atoms with E-state index < -0.39 is 4.92 Å². The van der Waals surface area contributed by atoms with Crippen molar-refractivity contribution in [2.24, 2.45) is 0 Å². The van der Waals surface area contributed by atoms with E-state index in [1.165, 1.54) is 12.3 Å². The van der Waals surface area contributed by atoms with Crippen LogP contribution in [-0.4, -0.2) is 14.9 Å². The Kier molecular flexibility index (Phi) is 3.20. The Morgan fingerprint density at radius 1 is 1.35 bits per heavy atom. The summed E-state index contributed by atoms with van der Waals surface area (Å²) in [5, 5.41) is 10.8. The Morgan fingerprint density at radius 2 is 2.06 bits per heavy atom. The first-order valence-electron chi connectivity index (χ1n) is 4.78. The Balaban J connectivity index is 2.23. The number of rotatable bonds is 3. The van der Waals surface area contributed by atoms with E-state index in [-0.39, 0.29) is 0 Å². The SMILES string of the molecule is O=[N+]([O-])C=Cc1cnc(-c2ccc(Cl)cc2)[nH]1. The number of nitrogens with one attached hydrogen (secondary N) is 1. The lowest BCUT2D eigenvalue weighted by Gasteiger charge is -1.95. The fourth-order valence-corrected chi connectivity index (χ4v) is 1.44. The fourth-order valence-electron chi connectivity index (χ4n) is 1.32. The first-order chi connectivity index (χ1) is 8.15. The number of hydrogen-bond acceptors (Lipinski definition) is 3. The van der Waals surface area contributed by atoms with Gasteiger partial charge in [0.15, 0.2) is 0 Å². The second-order valence-corrected chi connectivity index (χ2v) is 3.73. The van der Waals surface area contributed by atoms with Crippen LogP contribution in [0.2, 0.25) is 5.02 Å². The molecule has 2 rings (SSSR count). The smallest absolute Gasteiger partial charge is 0.236 e. The number of benzene rings is 1. The molecule has 0 saturated carbocycles. The topological polar surface area (TPSA) is 71.8 Å². The molecule has 0 aliphatic carbocycles. The summed E-state index contributed by atoms with van der Waals surface area (Å²) in [4.78, 5) is 16.7. The predicted molar refractivity (Wildman–Crippen MR) is 65.1 cm³/mol. The summed E-state index contributed by atoms with van der Waals surface area (Å²) in [7, 11) is 0. The Morgan fingerprint density at radius 3 is 2.71 bits per heavy atom. The van der Waals surface area contributed by atoms with E-state index in [4.69, 9.17) is 11.6 Å². The Labute approximate surface area is 102 Å². The summed E-state index contributed by atoms with van der Waals surface area (Å²) in [5.41, 5.74) is 1.45. The zero-order valence-corrected chi connectivity index (χ0v) is 9.39. The van der Waals surface area contributed by atoms with Crippen molar-refractivity contribution in [3.63, 3.8) is 0 Å². The van der Waals surface area contributed by atoms with Crippen LogP contribution >= 0.6 is 11.6 Å². The van der Waals surface area contributed by atoms with Crippen molar-refractivity contribution in [1.29, 1.82) is 0 Å². The maximum atomic E-state index is 10.2. The molecule has 2 aromatic rings.